The van der Waals surface area contributed by atoms with Gasteiger partial charge in [-0.2, -0.15) is 10.6 Å². The van der Waals surface area contributed by atoms with Crippen LogP contribution in [0.25, 0.3) is 10.9 Å². The minimum atomic E-state index is -2.85. The first kappa shape index (κ1) is 21.9. The molecule has 0 bridgehead atoms. The van der Waals surface area contributed by atoms with Crippen LogP contribution in [-0.4, -0.2) is 55.9 Å². The van der Waals surface area contributed by atoms with Gasteiger partial charge in [0, 0.05) is 43.4 Å². The maximum Gasteiger partial charge on any atom is 0.131 e. The molecule has 2 aromatic carbocycles. The van der Waals surface area contributed by atoms with E-state index in [1.165, 1.54) is 0 Å². The number of anilines is 2. The molecule has 2 heterocycles. The lowest BCUT2D eigenvalue weighted by Gasteiger charge is -2.32. The van der Waals surface area contributed by atoms with Gasteiger partial charge in [-0.15, -0.1) is 0 Å². The van der Waals surface area contributed by atoms with Crippen LogP contribution in [0, 0.1) is 6.92 Å². The lowest BCUT2D eigenvalue weighted by Crippen LogP contribution is -2.26. The second kappa shape index (κ2) is 9.02. The van der Waals surface area contributed by atoms with Crippen molar-refractivity contribution in [2.75, 3.05) is 35.7 Å². The number of fused-ring (bicyclic) bond motifs is 2. The van der Waals surface area contributed by atoms with E-state index in [1.807, 2.05) is 43.3 Å². The summed E-state index contributed by atoms with van der Waals surface area (Å²) in [5, 5.41) is 23.4. The molecule has 3 aromatic rings. The second-order valence-corrected chi connectivity index (χ2v) is 10.2. The van der Waals surface area contributed by atoms with E-state index in [2.05, 4.69) is 16.3 Å². The molecule has 8 heteroatoms. The summed E-state index contributed by atoms with van der Waals surface area (Å²) in [4.78, 5) is 7.53. The maximum absolute atomic E-state index is 10.7. The molecule has 1 atom stereocenters. The first-order valence-corrected chi connectivity index (χ1v) is 12.1. The number of aliphatic hydroxyl groups is 2. The van der Waals surface area contributed by atoms with E-state index in [9.17, 15) is 14.2 Å². The monoisotopic (exact) mass is 443 g/mol. The van der Waals surface area contributed by atoms with Crippen molar-refractivity contribution >= 4 is 33.0 Å². The Morgan fingerprint density at radius 2 is 1.97 bits per heavy atom. The highest BCUT2D eigenvalue weighted by Crippen LogP contribution is 2.51. The number of nitrogens with zero attached hydrogens (tertiary/aromatic N) is 2. The number of nitrogens with one attached hydrogen (secondary N) is 1. The van der Waals surface area contributed by atoms with Crippen molar-refractivity contribution in [3.05, 3.63) is 59.7 Å². The minimum Gasteiger partial charge on any atom is -0.396 e. The van der Waals surface area contributed by atoms with Gasteiger partial charge in [-0.05, 0) is 37.1 Å². The fourth-order valence-corrected chi connectivity index (χ4v) is 5.44. The lowest BCUT2D eigenvalue weighted by atomic mass is 10.1. The molecule has 0 saturated carbocycles. The van der Waals surface area contributed by atoms with Crippen molar-refractivity contribution in [1.82, 2.24) is 4.98 Å². The molecule has 0 radical (unpaired) electrons. The number of pyridine rings is 1. The van der Waals surface area contributed by atoms with Gasteiger partial charge in [0.05, 0.1) is 22.3 Å². The molecule has 7 nitrogen and oxygen atoms in total. The van der Waals surface area contributed by atoms with Gasteiger partial charge in [0.1, 0.15) is 5.82 Å². The van der Waals surface area contributed by atoms with Crippen molar-refractivity contribution in [3.63, 3.8) is 0 Å². The zero-order chi connectivity index (χ0) is 22.0. The van der Waals surface area contributed by atoms with Crippen LogP contribution < -0.4 is 10.2 Å². The SMILES string of the molecule is Cc1ccc2nc(N3CCS(O)(O)c4ccccc4C3)cc(NCC(O)CCO)c2c1. The lowest BCUT2D eigenvalue weighted by molar-refractivity contribution is 0.143. The van der Waals surface area contributed by atoms with E-state index in [0.717, 1.165) is 33.5 Å². The molecule has 0 amide bonds. The zero-order valence-electron chi connectivity index (χ0n) is 17.5. The molecule has 166 valence electrons. The highest BCUT2D eigenvalue weighted by atomic mass is 32.3. The van der Waals surface area contributed by atoms with E-state index in [0.29, 0.717) is 31.0 Å². The standard InChI is InChI=1S/C23H29N3O4S/c1-16-6-7-20-19(12-16)21(24-14-18(28)8-10-27)13-23(25-20)26-9-11-31(29,30)22-5-3-2-4-17(22)15-26/h2-7,12-13,18,27-30H,8-11,14-15H2,1H3,(H,24,25). The van der Waals surface area contributed by atoms with Gasteiger partial charge in [-0.25, -0.2) is 4.98 Å². The average molecular weight is 444 g/mol. The van der Waals surface area contributed by atoms with Crippen LogP contribution in [0.1, 0.15) is 17.5 Å². The van der Waals surface area contributed by atoms with E-state index < -0.39 is 16.7 Å². The van der Waals surface area contributed by atoms with Gasteiger partial charge in [0.15, 0.2) is 0 Å². The Morgan fingerprint density at radius 3 is 2.77 bits per heavy atom. The number of aryl methyl sites for hydroxylation is 1. The van der Waals surface area contributed by atoms with Crippen LogP contribution in [0.3, 0.4) is 0 Å². The maximum atomic E-state index is 10.7. The van der Waals surface area contributed by atoms with Crippen LogP contribution in [0.4, 0.5) is 11.5 Å². The molecule has 1 aliphatic rings. The molecule has 1 aliphatic heterocycles. The minimum absolute atomic E-state index is 0.0656. The van der Waals surface area contributed by atoms with Crippen LogP contribution in [0.15, 0.2) is 53.4 Å². The van der Waals surface area contributed by atoms with Gasteiger partial charge in [-0.3, -0.25) is 9.11 Å². The molecule has 5 N–H and O–H groups in total. The summed E-state index contributed by atoms with van der Waals surface area (Å²) < 4.78 is 21.3. The summed E-state index contributed by atoms with van der Waals surface area (Å²) in [5.74, 6) is 0.984. The Bertz CT molecular complexity index is 1080. The quantitative estimate of drug-likeness (QED) is 0.394. The summed E-state index contributed by atoms with van der Waals surface area (Å²) in [6, 6.07) is 15.5. The van der Waals surface area contributed by atoms with E-state index in [1.54, 1.807) is 6.07 Å². The predicted octanol–water partition coefficient (Wildman–Crippen LogP) is 3.83. The molecule has 0 aliphatic carbocycles. The highest BCUT2D eigenvalue weighted by Gasteiger charge is 2.26. The van der Waals surface area contributed by atoms with Crippen LogP contribution in [0.5, 0.6) is 0 Å². The van der Waals surface area contributed by atoms with Gasteiger partial charge >= 0.3 is 0 Å². The normalized spacial score (nSPS) is 17.6. The number of aliphatic hydroxyl groups excluding tert-OH is 2. The largest absolute Gasteiger partial charge is 0.396 e. The Hall–Kier alpha value is -2.36. The third-order valence-corrected chi connectivity index (χ3v) is 7.45. The molecule has 1 unspecified atom stereocenters. The Labute approximate surface area is 183 Å². The molecule has 0 spiro atoms. The van der Waals surface area contributed by atoms with E-state index in [-0.39, 0.29) is 12.4 Å². The summed E-state index contributed by atoms with van der Waals surface area (Å²) in [6.07, 6.45) is -0.345. The fraction of sp³-hybridized carbons (Fsp3) is 0.348. The Morgan fingerprint density at radius 1 is 1.16 bits per heavy atom. The molecule has 4 rings (SSSR count). The highest BCUT2D eigenvalue weighted by molar-refractivity contribution is 8.24. The van der Waals surface area contributed by atoms with Crippen molar-refractivity contribution in [2.24, 2.45) is 0 Å². The summed E-state index contributed by atoms with van der Waals surface area (Å²) in [5.41, 5.74) is 3.67. The van der Waals surface area contributed by atoms with Crippen molar-refractivity contribution in [3.8, 4) is 0 Å². The van der Waals surface area contributed by atoms with E-state index >= 15 is 0 Å². The van der Waals surface area contributed by atoms with Gasteiger partial charge < -0.3 is 20.4 Å². The summed E-state index contributed by atoms with van der Waals surface area (Å²) >= 11 is 0. The molecule has 0 saturated heterocycles. The molecule has 0 fully saturated rings. The van der Waals surface area contributed by atoms with Gasteiger partial charge in [0.2, 0.25) is 0 Å². The molecule has 31 heavy (non-hydrogen) atoms. The van der Waals surface area contributed by atoms with Crippen molar-refractivity contribution in [2.45, 2.75) is 30.9 Å². The van der Waals surface area contributed by atoms with Crippen LogP contribution in [-0.2, 0) is 6.54 Å². The third-order valence-electron chi connectivity index (χ3n) is 5.60. The zero-order valence-corrected chi connectivity index (χ0v) is 18.3. The second-order valence-electron chi connectivity index (χ2n) is 8.00. The Balaban J connectivity index is 1.71. The van der Waals surface area contributed by atoms with E-state index in [4.69, 9.17) is 10.1 Å². The van der Waals surface area contributed by atoms with Crippen molar-refractivity contribution in [1.29, 1.82) is 0 Å². The predicted molar refractivity (Wildman–Crippen MR) is 126 cm³/mol. The van der Waals surface area contributed by atoms with Crippen molar-refractivity contribution < 1.29 is 19.3 Å². The third kappa shape index (κ3) is 4.78. The molecular weight excluding hydrogens is 414 g/mol. The fourth-order valence-electron chi connectivity index (χ4n) is 3.89. The summed E-state index contributed by atoms with van der Waals surface area (Å²) in [7, 11) is -2.85. The topological polar surface area (TPSA) is 109 Å². The van der Waals surface area contributed by atoms with Crippen LogP contribution >= 0.6 is 10.6 Å². The smallest absolute Gasteiger partial charge is 0.131 e. The number of benzene rings is 2. The first-order valence-electron chi connectivity index (χ1n) is 10.4. The first-order chi connectivity index (χ1) is 14.9. The summed E-state index contributed by atoms with van der Waals surface area (Å²) in [6.45, 7) is 3.27. The molecule has 1 aromatic heterocycles. The number of hydrogen-bond donors (Lipinski definition) is 5. The van der Waals surface area contributed by atoms with Gasteiger partial charge in [-0.1, -0.05) is 29.8 Å². The molecular formula is C23H29N3O4S. The average Bonchev–Trinajstić information content (AvgIpc) is 2.88. The Kier molecular flexibility index (Phi) is 6.36. The number of aromatic nitrogens is 1. The number of hydrogen-bond acceptors (Lipinski definition) is 7. The number of rotatable bonds is 6. The van der Waals surface area contributed by atoms with Gasteiger partial charge in [0.25, 0.3) is 0 Å². The van der Waals surface area contributed by atoms with Crippen LogP contribution in [0.2, 0.25) is 0 Å².